The van der Waals surface area contributed by atoms with Crippen LogP contribution >= 0.6 is 0 Å². The molecule has 3 rings (SSSR count). The Bertz CT molecular complexity index is 519. The normalized spacial score (nSPS) is 17.7. The molecule has 1 fully saturated rings. The second-order valence-electron chi connectivity index (χ2n) is 6.24. The van der Waals surface area contributed by atoms with Gasteiger partial charge in [-0.05, 0) is 17.5 Å². The van der Waals surface area contributed by atoms with Crippen LogP contribution in [0.3, 0.4) is 0 Å². The van der Waals surface area contributed by atoms with Gasteiger partial charge >= 0.3 is 0 Å². The maximum atomic E-state index is 6.46. The Morgan fingerprint density at radius 3 is 1.86 bits per heavy atom. The molecule has 2 aromatic carbocycles. The molecule has 21 heavy (non-hydrogen) atoms. The number of nitrogens with two attached hydrogens (primary N) is 1. The van der Waals surface area contributed by atoms with Gasteiger partial charge in [-0.15, -0.1) is 0 Å². The summed E-state index contributed by atoms with van der Waals surface area (Å²) in [4.78, 5) is 2.50. The van der Waals surface area contributed by atoms with Crippen molar-refractivity contribution < 1.29 is 0 Å². The van der Waals surface area contributed by atoms with E-state index in [-0.39, 0.29) is 5.54 Å². The molecular formula is C19H24N2. The Kier molecular flexibility index (Phi) is 4.09. The summed E-state index contributed by atoms with van der Waals surface area (Å²) in [6.45, 7) is 4.17. The van der Waals surface area contributed by atoms with Crippen LogP contribution < -0.4 is 5.73 Å². The highest BCUT2D eigenvalue weighted by Gasteiger charge is 2.42. The standard InChI is InChI=1S/C19H24N2/c1-2-13-19(20)14-21(15-19)18(16-9-5-3-6-10-16)17-11-7-4-8-12-17/h3-12,18H,2,13-15,20H2,1H3. The third-order valence-electron chi connectivity index (χ3n) is 4.38. The van der Waals surface area contributed by atoms with Gasteiger partial charge in [-0.1, -0.05) is 74.0 Å². The summed E-state index contributed by atoms with van der Waals surface area (Å²) in [5.74, 6) is 0. The van der Waals surface area contributed by atoms with Crippen LogP contribution in [0.15, 0.2) is 60.7 Å². The van der Waals surface area contributed by atoms with Crippen molar-refractivity contribution in [2.45, 2.75) is 31.3 Å². The zero-order valence-corrected chi connectivity index (χ0v) is 12.7. The summed E-state index contributed by atoms with van der Waals surface area (Å²) in [6, 6.07) is 21.8. The highest BCUT2D eigenvalue weighted by atomic mass is 15.3. The van der Waals surface area contributed by atoms with Gasteiger partial charge in [0.1, 0.15) is 0 Å². The Morgan fingerprint density at radius 1 is 0.952 bits per heavy atom. The average molecular weight is 280 g/mol. The summed E-state index contributed by atoms with van der Waals surface area (Å²) in [5, 5.41) is 0. The lowest BCUT2D eigenvalue weighted by Gasteiger charge is -2.51. The van der Waals surface area contributed by atoms with Gasteiger partial charge in [0.15, 0.2) is 0 Å². The van der Waals surface area contributed by atoms with E-state index in [1.54, 1.807) is 0 Å². The fourth-order valence-electron chi connectivity index (χ4n) is 3.49. The highest BCUT2D eigenvalue weighted by molar-refractivity contribution is 5.33. The largest absolute Gasteiger partial charge is 0.323 e. The molecule has 2 nitrogen and oxygen atoms in total. The number of likely N-dealkylation sites (tertiary alicyclic amines) is 1. The topological polar surface area (TPSA) is 29.3 Å². The van der Waals surface area contributed by atoms with Crippen LogP contribution in [0.4, 0.5) is 0 Å². The minimum atomic E-state index is 0.0105. The van der Waals surface area contributed by atoms with E-state index in [2.05, 4.69) is 72.5 Å². The first-order chi connectivity index (χ1) is 10.2. The molecule has 1 heterocycles. The molecule has 0 amide bonds. The van der Waals surface area contributed by atoms with E-state index in [0.717, 1.165) is 25.9 Å². The highest BCUT2D eigenvalue weighted by Crippen LogP contribution is 2.36. The van der Waals surface area contributed by atoms with Crippen LogP contribution in [0.1, 0.15) is 36.9 Å². The van der Waals surface area contributed by atoms with Gasteiger partial charge in [0.05, 0.1) is 6.04 Å². The molecule has 0 atom stereocenters. The molecule has 0 spiro atoms. The van der Waals surface area contributed by atoms with Gasteiger partial charge in [0.25, 0.3) is 0 Å². The van der Waals surface area contributed by atoms with E-state index in [1.165, 1.54) is 11.1 Å². The number of rotatable bonds is 5. The first kappa shape index (κ1) is 14.3. The van der Waals surface area contributed by atoms with Gasteiger partial charge < -0.3 is 5.73 Å². The monoisotopic (exact) mass is 280 g/mol. The summed E-state index contributed by atoms with van der Waals surface area (Å²) in [7, 11) is 0. The summed E-state index contributed by atoms with van der Waals surface area (Å²) < 4.78 is 0. The maximum absolute atomic E-state index is 6.46. The van der Waals surface area contributed by atoms with Crippen LogP contribution in [0, 0.1) is 0 Å². The molecule has 2 aromatic rings. The molecule has 0 saturated carbocycles. The number of hydrogen-bond acceptors (Lipinski definition) is 2. The van der Waals surface area contributed by atoms with Crippen molar-refractivity contribution in [3.8, 4) is 0 Å². The molecule has 1 aliphatic rings. The lowest BCUT2D eigenvalue weighted by Crippen LogP contribution is -2.67. The summed E-state index contributed by atoms with van der Waals surface area (Å²) >= 11 is 0. The average Bonchev–Trinajstić information content (AvgIpc) is 2.48. The fraction of sp³-hybridized carbons (Fsp3) is 0.368. The first-order valence-electron chi connectivity index (χ1n) is 7.85. The molecule has 1 aliphatic heterocycles. The molecular weight excluding hydrogens is 256 g/mol. The Hall–Kier alpha value is -1.64. The van der Waals surface area contributed by atoms with Gasteiger partial charge in [-0.2, -0.15) is 0 Å². The minimum absolute atomic E-state index is 0.0105. The second kappa shape index (κ2) is 6.00. The summed E-state index contributed by atoms with van der Waals surface area (Å²) in [5.41, 5.74) is 9.17. The lowest BCUT2D eigenvalue weighted by atomic mass is 9.82. The van der Waals surface area contributed by atoms with Crippen LogP contribution in [0.5, 0.6) is 0 Å². The fourth-order valence-corrected chi connectivity index (χ4v) is 3.49. The van der Waals surface area contributed by atoms with Gasteiger partial charge in [0, 0.05) is 18.6 Å². The van der Waals surface area contributed by atoms with Crippen molar-refractivity contribution in [2.75, 3.05) is 13.1 Å². The number of nitrogens with zero attached hydrogens (tertiary/aromatic N) is 1. The maximum Gasteiger partial charge on any atom is 0.0603 e. The molecule has 0 aromatic heterocycles. The van der Waals surface area contributed by atoms with E-state index in [4.69, 9.17) is 5.73 Å². The second-order valence-corrected chi connectivity index (χ2v) is 6.24. The van der Waals surface area contributed by atoms with Crippen LogP contribution in [0.2, 0.25) is 0 Å². The van der Waals surface area contributed by atoms with E-state index in [1.807, 2.05) is 0 Å². The lowest BCUT2D eigenvalue weighted by molar-refractivity contribution is 0.0369. The van der Waals surface area contributed by atoms with Crippen molar-refractivity contribution in [3.63, 3.8) is 0 Å². The quantitative estimate of drug-likeness (QED) is 0.907. The molecule has 110 valence electrons. The SMILES string of the molecule is CCCC1(N)CN(C(c2ccccc2)c2ccccc2)C1. The molecule has 1 saturated heterocycles. The molecule has 0 unspecified atom stereocenters. The van der Waals surface area contributed by atoms with Gasteiger partial charge in [-0.25, -0.2) is 0 Å². The molecule has 2 N–H and O–H groups in total. The van der Waals surface area contributed by atoms with Crippen LogP contribution in [-0.2, 0) is 0 Å². The van der Waals surface area contributed by atoms with E-state index in [9.17, 15) is 0 Å². The van der Waals surface area contributed by atoms with Crippen LogP contribution in [-0.4, -0.2) is 23.5 Å². The van der Waals surface area contributed by atoms with Gasteiger partial charge in [-0.3, -0.25) is 4.90 Å². The van der Waals surface area contributed by atoms with E-state index in [0.29, 0.717) is 6.04 Å². The van der Waals surface area contributed by atoms with Gasteiger partial charge in [0.2, 0.25) is 0 Å². The van der Waals surface area contributed by atoms with Crippen LogP contribution in [0.25, 0.3) is 0 Å². The molecule has 0 aliphatic carbocycles. The Balaban J connectivity index is 1.85. The van der Waals surface area contributed by atoms with E-state index >= 15 is 0 Å². The first-order valence-corrected chi connectivity index (χ1v) is 7.85. The smallest absolute Gasteiger partial charge is 0.0603 e. The predicted molar refractivity (Wildman–Crippen MR) is 88.1 cm³/mol. The minimum Gasteiger partial charge on any atom is -0.323 e. The molecule has 0 radical (unpaired) electrons. The zero-order valence-electron chi connectivity index (χ0n) is 12.7. The van der Waals surface area contributed by atoms with Crippen molar-refractivity contribution in [1.29, 1.82) is 0 Å². The van der Waals surface area contributed by atoms with Crippen molar-refractivity contribution in [2.24, 2.45) is 5.73 Å². The van der Waals surface area contributed by atoms with E-state index < -0.39 is 0 Å². The third kappa shape index (κ3) is 3.02. The Morgan fingerprint density at radius 2 is 1.43 bits per heavy atom. The number of benzene rings is 2. The molecule has 0 bridgehead atoms. The third-order valence-corrected chi connectivity index (χ3v) is 4.38. The predicted octanol–water partition coefficient (Wildman–Crippen LogP) is 3.59. The van der Waals surface area contributed by atoms with Crippen molar-refractivity contribution in [3.05, 3.63) is 71.8 Å². The summed E-state index contributed by atoms with van der Waals surface area (Å²) in [6.07, 6.45) is 2.27. The van der Waals surface area contributed by atoms with Crippen molar-refractivity contribution >= 4 is 0 Å². The Labute approximate surface area is 127 Å². The zero-order chi connectivity index (χ0) is 14.7. The van der Waals surface area contributed by atoms with Crippen molar-refractivity contribution in [1.82, 2.24) is 4.90 Å². The number of hydrogen-bond donors (Lipinski definition) is 1. The molecule has 2 heteroatoms.